The molecule has 0 rings (SSSR count). The number of nitriles is 6. The molecule has 324 valence electrons. The maximum atomic E-state index is 9.72. The number of hydrogen-bond donors (Lipinski definition) is 0. The molecular weight excluding hydrogens is 1200 g/mol. The second-order valence-electron chi connectivity index (χ2n) is 5.31. The molecule has 30 nitrogen and oxygen atoms in total. The van der Waals surface area contributed by atoms with Crippen LogP contribution in [0.25, 0.3) is 0 Å². The van der Waals surface area contributed by atoms with Gasteiger partial charge in [-0.3, -0.25) is 0 Å². The largest absolute Gasteiger partial charge is 2.00 e. The van der Waals surface area contributed by atoms with Gasteiger partial charge in [0.15, 0.2) is 0 Å². The maximum absolute atomic E-state index is 9.72. The summed E-state index contributed by atoms with van der Waals surface area (Å²) in [6, 6.07) is 0. The quantitative estimate of drug-likeness (QED) is 0.164. The van der Waals surface area contributed by atoms with Gasteiger partial charge >= 0.3 is 148 Å². The summed E-state index contributed by atoms with van der Waals surface area (Å²) in [5.41, 5.74) is 0. The van der Waals surface area contributed by atoms with Crippen molar-refractivity contribution in [1.82, 2.24) is 0 Å². The van der Waals surface area contributed by atoms with Crippen molar-refractivity contribution in [2.24, 2.45) is 0 Å². The Kier molecular flexibility index (Phi) is 134. The molecular formula is C6B12N6Ni9O24. The van der Waals surface area contributed by atoms with Crippen LogP contribution in [-0.2, 0) is 176 Å². The van der Waals surface area contributed by atoms with E-state index in [0.717, 1.165) is 35.8 Å². The van der Waals surface area contributed by atoms with Gasteiger partial charge in [-0.15, -0.1) is 0 Å². The Morgan fingerprint density at radius 2 is 0.281 bits per heavy atom. The predicted octanol–water partition coefficient (Wildman–Crippen LogP) is -26.3. The Morgan fingerprint density at radius 3 is 0.298 bits per heavy atom. The van der Waals surface area contributed by atoms with Gasteiger partial charge in [0.25, 0.3) is 42.7 Å². The summed E-state index contributed by atoms with van der Waals surface area (Å²) < 4.78 is 20.2. The first-order valence-electron chi connectivity index (χ1n) is 10.1. The molecule has 0 radical (unpaired) electrons. The molecule has 0 atom stereocenters. The minimum Gasteiger partial charge on any atom is -0.872 e. The van der Waals surface area contributed by atoms with Crippen LogP contribution < -0.4 is 90.4 Å². The molecule has 0 spiro atoms. The average Bonchev–Trinajstić information content (AvgIpc) is 2.96. The minimum atomic E-state index is -2.66. The van der Waals surface area contributed by atoms with E-state index in [1.807, 2.05) is 0 Å². The third-order valence-corrected chi connectivity index (χ3v) is 2.04. The number of hydrogen-bond acceptors (Lipinski definition) is 30. The Labute approximate surface area is 416 Å². The molecule has 0 unspecified atom stereocenters. The van der Waals surface area contributed by atoms with E-state index in [1.165, 1.54) is 0 Å². The van der Waals surface area contributed by atoms with Crippen LogP contribution in [0.3, 0.4) is 0 Å². The van der Waals surface area contributed by atoms with Gasteiger partial charge in [-0.2, -0.15) is 0 Å². The molecule has 57 heavy (non-hydrogen) atoms. The third-order valence-electron chi connectivity index (χ3n) is 2.04. The van der Waals surface area contributed by atoms with Gasteiger partial charge in [0, 0.05) is 79.7 Å². The molecule has 0 saturated carbocycles. The van der Waals surface area contributed by atoms with Gasteiger partial charge in [0.1, 0.15) is 0 Å². The zero-order valence-electron chi connectivity index (χ0n) is 25.3. The van der Waals surface area contributed by atoms with Gasteiger partial charge in [-0.05, 0) is 0 Å². The average molecular weight is 1200 g/mol. The van der Waals surface area contributed by atoms with Crippen molar-refractivity contribution in [2.75, 3.05) is 0 Å². The van der Waals surface area contributed by atoms with E-state index in [-0.39, 0.29) is 148 Å². The first-order valence-corrected chi connectivity index (χ1v) is 10.1. The van der Waals surface area contributed by atoms with Crippen LogP contribution in [0.5, 0.6) is 0 Å². The Bertz CT molecular complexity index is 830. The van der Waals surface area contributed by atoms with Gasteiger partial charge in [-0.1, -0.05) is 0 Å². The van der Waals surface area contributed by atoms with Gasteiger partial charge in [0.2, 0.25) is 0 Å². The molecule has 0 aliphatic rings. The first-order chi connectivity index (χ1) is 22.0. The van der Waals surface area contributed by atoms with Crippen molar-refractivity contribution in [2.45, 2.75) is 0 Å². The smallest absolute Gasteiger partial charge is 0.872 e. The summed E-state index contributed by atoms with van der Waals surface area (Å²) in [5.74, 6) is 6.11. The summed E-state index contributed by atoms with van der Waals surface area (Å²) in [6.07, 6.45) is 0. The zero-order valence-corrected chi connectivity index (χ0v) is 34.1. The predicted molar refractivity (Wildman–Crippen MR) is 109 cm³/mol. The van der Waals surface area contributed by atoms with Crippen molar-refractivity contribution in [3.63, 3.8) is 0 Å². The van der Waals surface area contributed by atoms with Crippen LogP contribution in [0, 0.1) is 67.4 Å². The summed E-state index contributed by atoms with van der Waals surface area (Å²) in [7, 11) is -28.8. The molecule has 0 aromatic carbocycles. The second kappa shape index (κ2) is 74.6. The molecule has 0 heterocycles. The Morgan fingerprint density at radius 1 is 0.211 bits per heavy atom. The summed E-state index contributed by atoms with van der Waals surface area (Å²) >= 11 is 0. The minimum absolute atomic E-state index is 0. The third kappa shape index (κ3) is 126. The number of nitrogens with zero attached hydrogens (tertiary/aromatic N) is 6. The van der Waals surface area contributed by atoms with E-state index < -0.39 is 86.6 Å². The van der Waals surface area contributed by atoms with E-state index in [4.69, 9.17) is 31.6 Å². The molecule has 0 aliphatic heterocycles. The first kappa shape index (κ1) is 102. The van der Waals surface area contributed by atoms with E-state index in [2.05, 4.69) is 27.4 Å². The normalized spacial score (nSPS) is 6.53. The molecule has 0 saturated heterocycles. The summed E-state index contributed by atoms with van der Waals surface area (Å²) in [5, 5.41) is 216. The summed E-state index contributed by atoms with van der Waals surface area (Å²) in [6.45, 7) is 0. The topological polar surface area (TPSA) is 613 Å². The van der Waals surface area contributed by atoms with Crippen molar-refractivity contribution in [3.8, 4) is 35.8 Å². The summed E-state index contributed by atoms with van der Waals surface area (Å²) in [4.78, 5) is 0. The van der Waals surface area contributed by atoms with Gasteiger partial charge in [0.05, 0.1) is 0 Å². The Hall–Kier alpha value is 1.20. The Balaban J connectivity index is -0.0000000277. The fraction of sp³-hybridized carbons (Fsp3) is 0. The standard InChI is InChI=1S/6CB2NO4.9Ni/c6*4-1-2(5)8-3(6)7;;;;;;;;;/q6*-3;9*+2. The van der Waals surface area contributed by atoms with Crippen LogP contribution >= 0.6 is 0 Å². The zero-order chi connectivity index (χ0) is 39.4. The maximum Gasteiger partial charge on any atom is 2.00 e. The number of rotatable bonds is 12. The second-order valence-corrected chi connectivity index (χ2v) is 5.31. The molecule has 0 amide bonds. The molecule has 0 aliphatic carbocycles. The van der Waals surface area contributed by atoms with Crippen molar-refractivity contribution in [1.29, 1.82) is 31.6 Å². The van der Waals surface area contributed by atoms with Crippen molar-refractivity contribution >= 4 is 86.6 Å². The van der Waals surface area contributed by atoms with Gasteiger partial charge < -0.3 is 118 Å². The van der Waals surface area contributed by atoms with Crippen LogP contribution in [0.4, 0.5) is 0 Å². The van der Waals surface area contributed by atoms with Crippen LogP contribution in [0.15, 0.2) is 0 Å². The SMILES string of the molecule is N#CB([O-])OB([O-])[O-].N#CB([O-])OB([O-])[O-].N#CB([O-])OB([O-])[O-].N#CB([O-])OB([O-])[O-].N#CB([O-])OB([O-])[O-].N#CB([O-])OB([O-])[O-].[Ni+2].[Ni+2].[Ni+2].[Ni+2].[Ni+2].[Ni+2].[Ni+2].[Ni+2].[Ni+2]. The van der Waals surface area contributed by atoms with Crippen molar-refractivity contribution in [3.05, 3.63) is 0 Å². The van der Waals surface area contributed by atoms with E-state index in [9.17, 15) is 90.4 Å². The van der Waals surface area contributed by atoms with E-state index in [1.54, 1.807) is 0 Å². The molecule has 0 N–H and O–H groups in total. The molecule has 0 aromatic rings. The van der Waals surface area contributed by atoms with Crippen LogP contribution in [-0.4, -0.2) is 86.6 Å². The van der Waals surface area contributed by atoms with Crippen LogP contribution in [0.1, 0.15) is 0 Å². The van der Waals surface area contributed by atoms with Gasteiger partial charge in [-0.25, -0.2) is 31.6 Å². The molecule has 0 bridgehead atoms. The van der Waals surface area contributed by atoms with Crippen LogP contribution in [0.2, 0.25) is 0 Å². The van der Waals surface area contributed by atoms with Crippen molar-refractivity contribution < 1.29 is 266 Å². The molecule has 0 fully saturated rings. The van der Waals surface area contributed by atoms with E-state index in [0.29, 0.717) is 0 Å². The van der Waals surface area contributed by atoms with E-state index >= 15 is 0 Å². The fourth-order valence-corrected chi connectivity index (χ4v) is 0.788. The fourth-order valence-electron chi connectivity index (χ4n) is 0.788. The molecule has 51 heteroatoms. The monoisotopic (exact) mass is 1190 g/mol. The molecule has 0 aromatic heterocycles.